The molecule has 0 aromatic heterocycles. The third-order valence-electron chi connectivity index (χ3n) is 2.88. The van der Waals surface area contributed by atoms with Crippen molar-refractivity contribution in [3.05, 3.63) is 27.7 Å². The zero-order valence-electron chi connectivity index (χ0n) is 11.3. The lowest BCUT2D eigenvalue weighted by atomic mass is 10.1. The third-order valence-corrected chi connectivity index (χ3v) is 3.40. The van der Waals surface area contributed by atoms with Crippen molar-refractivity contribution in [1.82, 2.24) is 5.32 Å². The smallest absolute Gasteiger partial charge is 0.337 e. The number of carbonyl (C=O) groups is 2. The number of hydrogen-bond donors (Lipinski definition) is 3. The van der Waals surface area contributed by atoms with E-state index < -0.39 is 12.0 Å². The number of rotatable bonds is 4. The molecule has 7 heteroatoms. The standard InChI is InChI=1S/C13H16Cl2N2O3/c1-6(2)7(3)16-13(20)17-11-9(12(18)19)4-8(14)5-10(11)15/h4-7H,1-3H3,(H,18,19)(H2,16,17,20). The first-order valence-corrected chi connectivity index (χ1v) is 6.77. The summed E-state index contributed by atoms with van der Waals surface area (Å²) in [5.41, 5.74) is -0.133. The fourth-order valence-corrected chi connectivity index (χ4v) is 1.93. The Kier molecular flexibility index (Phi) is 5.65. The molecule has 1 aromatic carbocycles. The molecule has 0 aliphatic rings. The lowest BCUT2D eigenvalue weighted by molar-refractivity contribution is 0.0698. The number of anilines is 1. The Hall–Kier alpha value is -1.46. The fourth-order valence-electron chi connectivity index (χ4n) is 1.39. The molecule has 0 heterocycles. The summed E-state index contributed by atoms with van der Waals surface area (Å²) < 4.78 is 0. The predicted molar refractivity (Wildman–Crippen MR) is 79.9 cm³/mol. The van der Waals surface area contributed by atoms with E-state index in [9.17, 15) is 9.59 Å². The number of urea groups is 1. The van der Waals surface area contributed by atoms with Gasteiger partial charge in [0, 0.05) is 11.1 Å². The molecule has 3 N–H and O–H groups in total. The van der Waals surface area contributed by atoms with Crippen molar-refractivity contribution < 1.29 is 14.7 Å². The van der Waals surface area contributed by atoms with E-state index in [1.54, 1.807) is 0 Å². The number of aromatic carboxylic acids is 1. The van der Waals surface area contributed by atoms with Crippen LogP contribution in [0.4, 0.5) is 10.5 Å². The first-order valence-electron chi connectivity index (χ1n) is 6.02. The molecule has 0 aliphatic carbocycles. The van der Waals surface area contributed by atoms with Gasteiger partial charge in [-0.1, -0.05) is 37.0 Å². The van der Waals surface area contributed by atoms with Crippen molar-refractivity contribution in [2.24, 2.45) is 5.92 Å². The molecule has 0 fully saturated rings. The van der Waals surface area contributed by atoms with E-state index in [0.29, 0.717) is 0 Å². The number of carboxylic acids is 1. The van der Waals surface area contributed by atoms with Gasteiger partial charge in [-0.05, 0) is 25.0 Å². The van der Waals surface area contributed by atoms with E-state index in [0.717, 1.165) is 0 Å². The Morgan fingerprint density at radius 3 is 2.30 bits per heavy atom. The monoisotopic (exact) mass is 318 g/mol. The van der Waals surface area contributed by atoms with E-state index in [2.05, 4.69) is 10.6 Å². The van der Waals surface area contributed by atoms with E-state index in [4.69, 9.17) is 28.3 Å². The largest absolute Gasteiger partial charge is 0.478 e. The van der Waals surface area contributed by atoms with Crippen LogP contribution in [0.2, 0.25) is 10.0 Å². The van der Waals surface area contributed by atoms with Crippen LogP contribution >= 0.6 is 23.2 Å². The molecule has 0 saturated heterocycles. The van der Waals surface area contributed by atoms with Crippen molar-refractivity contribution in [3.63, 3.8) is 0 Å². The van der Waals surface area contributed by atoms with Crippen LogP contribution < -0.4 is 10.6 Å². The van der Waals surface area contributed by atoms with Gasteiger partial charge in [-0.3, -0.25) is 0 Å². The summed E-state index contributed by atoms with van der Waals surface area (Å²) in [7, 11) is 0. The quantitative estimate of drug-likeness (QED) is 0.788. The average molecular weight is 319 g/mol. The zero-order valence-corrected chi connectivity index (χ0v) is 12.8. The highest BCUT2D eigenvalue weighted by molar-refractivity contribution is 6.37. The van der Waals surface area contributed by atoms with Crippen LogP contribution in [0.5, 0.6) is 0 Å². The van der Waals surface area contributed by atoms with Crippen molar-refractivity contribution >= 4 is 40.9 Å². The number of carboxylic acid groups (broad SMARTS) is 1. The average Bonchev–Trinajstić information content (AvgIpc) is 2.31. The summed E-state index contributed by atoms with van der Waals surface area (Å²) in [6.07, 6.45) is 0. The normalized spacial score (nSPS) is 12.1. The van der Waals surface area contributed by atoms with Crippen LogP contribution in [0, 0.1) is 5.92 Å². The van der Waals surface area contributed by atoms with Crippen molar-refractivity contribution in [1.29, 1.82) is 0 Å². The lowest BCUT2D eigenvalue weighted by Crippen LogP contribution is -2.39. The maximum Gasteiger partial charge on any atom is 0.337 e. The van der Waals surface area contributed by atoms with Crippen molar-refractivity contribution in [3.8, 4) is 0 Å². The summed E-state index contributed by atoms with van der Waals surface area (Å²) in [5, 5.41) is 14.5. The van der Waals surface area contributed by atoms with E-state index in [-0.39, 0.29) is 33.3 Å². The first-order chi connectivity index (χ1) is 9.22. The van der Waals surface area contributed by atoms with Gasteiger partial charge in [-0.15, -0.1) is 0 Å². The molecule has 1 rings (SSSR count). The molecule has 5 nitrogen and oxygen atoms in total. The van der Waals surface area contributed by atoms with Crippen LogP contribution in [-0.4, -0.2) is 23.1 Å². The second-order valence-electron chi connectivity index (χ2n) is 4.75. The lowest BCUT2D eigenvalue weighted by Gasteiger charge is -2.19. The second-order valence-corrected chi connectivity index (χ2v) is 5.59. The van der Waals surface area contributed by atoms with Crippen LogP contribution in [0.3, 0.4) is 0 Å². The summed E-state index contributed by atoms with van der Waals surface area (Å²) in [6, 6.07) is 2.03. The van der Waals surface area contributed by atoms with Gasteiger partial charge >= 0.3 is 12.0 Å². The summed E-state index contributed by atoms with van der Waals surface area (Å²) >= 11 is 11.7. The number of hydrogen-bond acceptors (Lipinski definition) is 2. The number of halogens is 2. The highest BCUT2D eigenvalue weighted by Crippen LogP contribution is 2.30. The van der Waals surface area contributed by atoms with E-state index in [1.807, 2.05) is 20.8 Å². The molecule has 1 unspecified atom stereocenters. The highest BCUT2D eigenvalue weighted by Gasteiger charge is 2.18. The van der Waals surface area contributed by atoms with Crippen LogP contribution in [-0.2, 0) is 0 Å². The highest BCUT2D eigenvalue weighted by atomic mass is 35.5. The Labute approximate surface area is 127 Å². The number of carbonyl (C=O) groups excluding carboxylic acids is 1. The number of nitrogens with one attached hydrogen (secondary N) is 2. The Bertz CT molecular complexity index is 533. The molecule has 0 aliphatic heterocycles. The van der Waals surface area contributed by atoms with Crippen LogP contribution in [0.15, 0.2) is 12.1 Å². The van der Waals surface area contributed by atoms with Crippen LogP contribution in [0.25, 0.3) is 0 Å². The molecule has 0 radical (unpaired) electrons. The number of amides is 2. The molecular weight excluding hydrogens is 303 g/mol. The van der Waals surface area contributed by atoms with Gasteiger partial charge in [0.15, 0.2) is 0 Å². The minimum absolute atomic E-state index is 0.0250. The number of benzene rings is 1. The maximum atomic E-state index is 11.8. The van der Waals surface area contributed by atoms with Gasteiger partial charge in [0.25, 0.3) is 0 Å². The summed E-state index contributed by atoms with van der Waals surface area (Å²) in [4.78, 5) is 23.0. The van der Waals surface area contributed by atoms with Crippen LogP contribution in [0.1, 0.15) is 31.1 Å². The second kappa shape index (κ2) is 6.81. The molecule has 1 aromatic rings. The Morgan fingerprint density at radius 2 is 1.80 bits per heavy atom. The molecule has 20 heavy (non-hydrogen) atoms. The SMILES string of the molecule is CC(C)C(C)NC(=O)Nc1c(Cl)cc(Cl)cc1C(=O)O. The third kappa shape index (κ3) is 4.28. The Balaban J connectivity index is 2.97. The van der Waals surface area contributed by atoms with Gasteiger partial charge in [0.2, 0.25) is 0 Å². The van der Waals surface area contributed by atoms with Gasteiger partial charge < -0.3 is 15.7 Å². The van der Waals surface area contributed by atoms with E-state index >= 15 is 0 Å². The zero-order chi connectivity index (χ0) is 15.4. The minimum atomic E-state index is -1.22. The molecule has 1 atom stereocenters. The topological polar surface area (TPSA) is 78.4 Å². The first kappa shape index (κ1) is 16.6. The summed E-state index contributed by atoms with van der Waals surface area (Å²) in [5.74, 6) is -0.970. The van der Waals surface area contributed by atoms with Gasteiger partial charge in [-0.25, -0.2) is 9.59 Å². The minimum Gasteiger partial charge on any atom is -0.478 e. The molecule has 0 saturated carbocycles. The molecule has 2 amide bonds. The predicted octanol–water partition coefficient (Wildman–Crippen LogP) is 3.86. The Morgan fingerprint density at radius 1 is 1.20 bits per heavy atom. The van der Waals surface area contributed by atoms with Crippen molar-refractivity contribution in [2.75, 3.05) is 5.32 Å². The molecule has 0 bridgehead atoms. The van der Waals surface area contributed by atoms with E-state index in [1.165, 1.54) is 12.1 Å². The fraction of sp³-hybridized carbons (Fsp3) is 0.385. The molecule has 110 valence electrons. The van der Waals surface area contributed by atoms with Crippen molar-refractivity contribution in [2.45, 2.75) is 26.8 Å². The summed E-state index contributed by atoms with van der Waals surface area (Å²) in [6.45, 7) is 5.78. The maximum absolute atomic E-state index is 11.8. The van der Waals surface area contributed by atoms with Gasteiger partial charge in [-0.2, -0.15) is 0 Å². The van der Waals surface area contributed by atoms with Gasteiger partial charge in [0.05, 0.1) is 16.3 Å². The van der Waals surface area contributed by atoms with Gasteiger partial charge in [0.1, 0.15) is 0 Å². The molecular formula is C13H16Cl2N2O3. The molecule has 0 spiro atoms.